The van der Waals surface area contributed by atoms with Gasteiger partial charge in [-0.3, -0.25) is 4.90 Å². The van der Waals surface area contributed by atoms with Gasteiger partial charge in [-0.25, -0.2) is 4.99 Å². The SMILES string of the molecule is CCNC(=NCc1cccc(C#N)c1)N1CCC(N2CC=CC2)C1.I. The van der Waals surface area contributed by atoms with Crippen LogP contribution in [0.1, 0.15) is 24.5 Å². The number of nitriles is 1. The Hall–Kier alpha value is -1.59. The average Bonchev–Trinajstić information content (AvgIpc) is 3.29. The molecule has 6 heteroatoms. The Labute approximate surface area is 167 Å². The molecule has 1 N–H and O–H groups in total. The summed E-state index contributed by atoms with van der Waals surface area (Å²) in [5, 5.41) is 12.4. The van der Waals surface area contributed by atoms with Crippen molar-refractivity contribution in [3.05, 3.63) is 47.5 Å². The Bertz CT molecular complexity index is 656. The van der Waals surface area contributed by atoms with Crippen LogP contribution in [0.25, 0.3) is 0 Å². The van der Waals surface area contributed by atoms with Crippen molar-refractivity contribution in [1.82, 2.24) is 15.1 Å². The summed E-state index contributed by atoms with van der Waals surface area (Å²) in [4.78, 5) is 9.68. The van der Waals surface area contributed by atoms with Crippen molar-refractivity contribution in [1.29, 1.82) is 5.26 Å². The smallest absolute Gasteiger partial charge is 0.194 e. The lowest BCUT2D eigenvalue weighted by Crippen LogP contribution is -2.42. The highest BCUT2D eigenvalue weighted by molar-refractivity contribution is 14.0. The van der Waals surface area contributed by atoms with Gasteiger partial charge in [0.25, 0.3) is 0 Å². The van der Waals surface area contributed by atoms with Crippen LogP contribution in [0, 0.1) is 11.3 Å². The van der Waals surface area contributed by atoms with Gasteiger partial charge in [0.2, 0.25) is 0 Å². The molecule has 25 heavy (non-hydrogen) atoms. The highest BCUT2D eigenvalue weighted by atomic mass is 127. The van der Waals surface area contributed by atoms with E-state index in [1.165, 1.54) is 6.42 Å². The van der Waals surface area contributed by atoms with Gasteiger partial charge in [-0.05, 0) is 31.0 Å². The summed E-state index contributed by atoms with van der Waals surface area (Å²) < 4.78 is 0. The van der Waals surface area contributed by atoms with Crippen LogP contribution in [0.4, 0.5) is 0 Å². The summed E-state index contributed by atoms with van der Waals surface area (Å²) in [6.45, 7) is 7.80. The third-order valence-corrected chi connectivity index (χ3v) is 4.63. The van der Waals surface area contributed by atoms with E-state index in [0.717, 1.165) is 44.2 Å². The van der Waals surface area contributed by atoms with Crippen molar-refractivity contribution >= 4 is 29.9 Å². The second-order valence-electron chi connectivity index (χ2n) is 6.30. The molecule has 0 aliphatic carbocycles. The molecule has 1 aromatic carbocycles. The molecule has 0 bridgehead atoms. The minimum absolute atomic E-state index is 0. The van der Waals surface area contributed by atoms with Crippen LogP contribution in [0.2, 0.25) is 0 Å². The maximum absolute atomic E-state index is 9.01. The van der Waals surface area contributed by atoms with Crippen LogP contribution in [-0.4, -0.2) is 54.5 Å². The van der Waals surface area contributed by atoms with Gasteiger partial charge in [-0.1, -0.05) is 24.3 Å². The van der Waals surface area contributed by atoms with E-state index >= 15 is 0 Å². The first-order valence-corrected chi connectivity index (χ1v) is 8.71. The first kappa shape index (κ1) is 19.7. The zero-order chi connectivity index (χ0) is 16.8. The van der Waals surface area contributed by atoms with E-state index in [4.69, 9.17) is 10.3 Å². The predicted molar refractivity (Wildman–Crippen MR) is 112 cm³/mol. The third-order valence-electron chi connectivity index (χ3n) is 4.63. The van der Waals surface area contributed by atoms with Crippen LogP contribution in [-0.2, 0) is 6.54 Å². The summed E-state index contributed by atoms with van der Waals surface area (Å²) in [6, 6.07) is 10.5. The number of aliphatic imine (C=N–C) groups is 1. The molecule has 2 aliphatic heterocycles. The molecule has 0 radical (unpaired) electrons. The van der Waals surface area contributed by atoms with E-state index in [9.17, 15) is 0 Å². The molecule has 0 saturated carbocycles. The molecular weight excluding hydrogens is 425 g/mol. The fraction of sp³-hybridized carbons (Fsp3) is 0.474. The quantitative estimate of drug-likeness (QED) is 0.331. The number of halogens is 1. The number of likely N-dealkylation sites (tertiary alicyclic amines) is 1. The molecule has 1 fully saturated rings. The summed E-state index contributed by atoms with van der Waals surface area (Å²) in [7, 11) is 0. The molecule has 1 atom stereocenters. The number of guanidine groups is 1. The lowest BCUT2D eigenvalue weighted by molar-refractivity contribution is 0.259. The predicted octanol–water partition coefficient (Wildman–Crippen LogP) is 2.59. The number of hydrogen-bond donors (Lipinski definition) is 1. The van der Waals surface area contributed by atoms with Gasteiger partial charge in [0, 0.05) is 38.8 Å². The normalized spacial score (nSPS) is 20.4. The molecular formula is C19H26IN5. The third kappa shape index (κ3) is 5.19. The molecule has 2 heterocycles. The molecule has 1 saturated heterocycles. The number of rotatable bonds is 4. The minimum atomic E-state index is 0. The maximum atomic E-state index is 9.01. The topological polar surface area (TPSA) is 54.7 Å². The van der Waals surface area contributed by atoms with Gasteiger partial charge in [0.15, 0.2) is 5.96 Å². The van der Waals surface area contributed by atoms with Crippen LogP contribution in [0.5, 0.6) is 0 Å². The zero-order valence-electron chi connectivity index (χ0n) is 14.7. The van der Waals surface area contributed by atoms with Gasteiger partial charge >= 0.3 is 0 Å². The first-order valence-electron chi connectivity index (χ1n) is 8.71. The maximum Gasteiger partial charge on any atom is 0.194 e. The molecule has 1 unspecified atom stereocenters. The Kier molecular flexibility index (Phi) is 7.72. The van der Waals surface area contributed by atoms with Crippen molar-refractivity contribution in [3.8, 4) is 6.07 Å². The summed E-state index contributed by atoms with van der Waals surface area (Å²) in [5.41, 5.74) is 1.76. The molecule has 0 amide bonds. The fourth-order valence-electron chi connectivity index (χ4n) is 3.36. The van der Waals surface area contributed by atoms with Crippen LogP contribution in [0.3, 0.4) is 0 Å². The zero-order valence-corrected chi connectivity index (χ0v) is 17.0. The number of nitrogens with one attached hydrogen (secondary N) is 1. The van der Waals surface area contributed by atoms with Gasteiger partial charge in [-0.15, -0.1) is 24.0 Å². The average molecular weight is 451 g/mol. The Morgan fingerprint density at radius 1 is 1.36 bits per heavy atom. The molecule has 0 spiro atoms. The molecule has 3 rings (SSSR count). The number of benzene rings is 1. The molecule has 0 aromatic heterocycles. The second-order valence-corrected chi connectivity index (χ2v) is 6.30. The highest BCUT2D eigenvalue weighted by Gasteiger charge is 2.29. The van der Waals surface area contributed by atoms with Gasteiger partial charge in [-0.2, -0.15) is 5.26 Å². The van der Waals surface area contributed by atoms with Crippen molar-refractivity contribution in [2.45, 2.75) is 25.9 Å². The summed E-state index contributed by atoms with van der Waals surface area (Å²) in [5.74, 6) is 0.981. The first-order chi connectivity index (χ1) is 11.8. The number of nitrogens with zero attached hydrogens (tertiary/aromatic N) is 4. The lowest BCUT2D eigenvalue weighted by Gasteiger charge is -2.25. The fourth-order valence-corrected chi connectivity index (χ4v) is 3.36. The van der Waals surface area contributed by atoms with Crippen molar-refractivity contribution in [2.75, 3.05) is 32.7 Å². The van der Waals surface area contributed by atoms with E-state index in [-0.39, 0.29) is 24.0 Å². The Morgan fingerprint density at radius 2 is 2.16 bits per heavy atom. The standard InChI is InChI=1S/C19H25N5.HI/c1-2-21-19(22-14-17-7-5-6-16(12-17)13-20)24-11-8-18(15-24)23-9-3-4-10-23;/h3-7,12,18H,2,8-11,14-15H2,1H3,(H,21,22);1H. The molecule has 5 nitrogen and oxygen atoms in total. The van der Waals surface area contributed by atoms with Crippen molar-refractivity contribution in [3.63, 3.8) is 0 Å². The lowest BCUT2D eigenvalue weighted by atomic mass is 10.1. The van der Waals surface area contributed by atoms with Crippen LogP contribution >= 0.6 is 24.0 Å². The van der Waals surface area contributed by atoms with Crippen LogP contribution in [0.15, 0.2) is 41.4 Å². The molecule has 1 aromatic rings. The van der Waals surface area contributed by atoms with E-state index in [1.807, 2.05) is 24.3 Å². The largest absolute Gasteiger partial charge is 0.357 e. The second kappa shape index (κ2) is 9.78. The van der Waals surface area contributed by atoms with E-state index in [0.29, 0.717) is 18.2 Å². The van der Waals surface area contributed by atoms with Gasteiger partial charge in [0.1, 0.15) is 0 Å². The molecule has 134 valence electrons. The monoisotopic (exact) mass is 451 g/mol. The minimum Gasteiger partial charge on any atom is -0.357 e. The summed E-state index contributed by atoms with van der Waals surface area (Å²) in [6.07, 6.45) is 5.70. The van der Waals surface area contributed by atoms with E-state index < -0.39 is 0 Å². The Morgan fingerprint density at radius 3 is 2.88 bits per heavy atom. The van der Waals surface area contributed by atoms with Gasteiger partial charge < -0.3 is 10.2 Å². The van der Waals surface area contributed by atoms with Crippen LogP contribution < -0.4 is 5.32 Å². The van der Waals surface area contributed by atoms with Crippen molar-refractivity contribution in [2.24, 2.45) is 4.99 Å². The number of hydrogen-bond acceptors (Lipinski definition) is 3. The van der Waals surface area contributed by atoms with Crippen molar-refractivity contribution < 1.29 is 0 Å². The van der Waals surface area contributed by atoms with E-state index in [1.54, 1.807) is 0 Å². The summed E-state index contributed by atoms with van der Waals surface area (Å²) >= 11 is 0. The van der Waals surface area contributed by atoms with E-state index in [2.05, 4.69) is 40.3 Å². The van der Waals surface area contributed by atoms with Gasteiger partial charge in [0.05, 0.1) is 18.2 Å². The molecule has 2 aliphatic rings. The Balaban J connectivity index is 0.00000225. The highest BCUT2D eigenvalue weighted by Crippen LogP contribution is 2.18.